The number of benzene rings is 1. The standard InChI is InChI=1S/C17H21ClN4O2.ClH/c1-11-8-9-19-10-14(11)20-15(23)6-7-16-21-17(22-24-16)12-2-4-13(18)5-3-12;/h2-5,11,14,19H,6-10H2,1H3,(H,20,23);1H. The van der Waals surface area contributed by atoms with Crippen molar-refractivity contribution in [3.8, 4) is 11.4 Å². The predicted octanol–water partition coefficient (Wildman–Crippen LogP) is 2.86. The first-order valence-electron chi connectivity index (χ1n) is 8.20. The van der Waals surface area contributed by atoms with E-state index in [9.17, 15) is 4.79 Å². The van der Waals surface area contributed by atoms with Crippen molar-refractivity contribution >= 4 is 29.9 Å². The molecule has 136 valence electrons. The monoisotopic (exact) mass is 384 g/mol. The fourth-order valence-corrected chi connectivity index (χ4v) is 2.88. The number of nitrogens with zero attached hydrogens (tertiary/aromatic N) is 2. The van der Waals surface area contributed by atoms with Crippen LogP contribution in [0.3, 0.4) is 0 Å². The van der Waals surface area contributed by atoms with Crippen LogP contribution >= 0.6 is 24.0 Å². The second kappa shape index (κ2) is 9.17. The number of halogens is 2. The number of piperidine rings is 1. The van der Waals surface area contributed by atoms with Gasteiger partial charge in [-0.2, -0.15) is 4.98 Å². The number of amides is 1. The van der Waals surface area contributed by atoms with Gasteiger partial charge in [0.15, 0.2) is 0 Å². The third-order valence-electron chi connectivity index (χ3n) is 4.31. The Balaban J connectivity index is 0.00000225. The number of hydrogen-bond donors (Lipinski definition) is 2. The largest absolute Gasteiger partial charge is 0.352 e. The summed E-state index contributed by atoms with van der Waals surface area (Å²) in [6.07, 6.45) is 1.85. The molecule has 1 saturated heterocycles. The van der Waals surface area contributed by atoms with Crippen molar-refractivity contribution in [1.29, 1.82) is 0 Å². The topological polar surface area (TPSA) is 80.0 Å². The number of nitrogens with one attached hydrogen (secondary N) is 2. The van der Waals surface area contributed by atoms with Gasteiger partial charge in [0, 0.05) is 36.0 Å². The van der Waals surface area contributed by atoms with Crippen molar-refractivity contribution in [3.63, 3.8) is 0 Å². The minimum atomic E-state index is 0. The highest BCUT2D eigenvalue weighted by molar-refractivity contribution is 6.30. The zero-order valence-electron chi connectivity index (χ0n) is 14.0. The molecular formula is C17H22Cl2N4O2. The molecule has 1 fully saturated rings. The first-order chi connectivity index (χ1) is 11.6. The lowest BCUT2D eigenvalue weighted by Crippen LogP contribution is -2.50. The minimum absolute atomic E-state index is 0. The maximum atomic E-state index is 12.1. The summed E-state index contributed by atoms with van der Waals surface area (Å²) < 4.78 is 5.22. The molecule has 0 saturated carbocycles. The Kier molecular flexibility index (Phi) is 7.23. The van der Waals surface area contributed by atoms with Crippen molar-refractivity contribution in [2.24, 2.45) is 5.92 Å². The molecular weight excluding hydrogens is 363 g/mol. The first kappa shape index (κ1) is 19.7. The van der Waals surface area contributed by atoms with E-state index in [0.29, 0.717) is 35.5 Å². The summed E-state index contributed by atoms with van der Waals surface area (Å²) in [6, 6.07) is 7.42. The van der Waals surface area contributed by atoms with Crippen LogP contribution in [0.25, 0.3) is 11.4 Å². The van der Waals surface area contributed by atoms with Crippen molar-refractivity contribution in [3.05, 3.63) is 35.2 Å². The Labute approximate surface area is 158 Å². The molecule has 0 spiro atoms. The van der Waals surface area contributed by atoms with E-state index >= 15 is 0 Å². The second-order valence-corrected chi connectivity index (χ2v) is 6.60. The van der Waals surface area contributed by atoms with E-state index in [1.165, 1.54) is 0 Å². The molecule has 25 heavy (non-hydrogen) atoms. The molecule has 1 aromatic heterocycles. The number of aromatic nitrogens is 2. The molecule has 2 N–H and O–H groups in total. The number of carbonyl (C=O) groups excluding carboxylic acids is 1. The highest BCUT2D eigenvalue weighted by atomic mass is 35.5. The van der Waals surface area contributed by atoms with Gasteiger partial charge in [-0.1, -0.05) is 23.7 Å². The van der Waals surface area contributed by atoms with E-state index < -0.39 is 0 Å². The lowest BCUT2D eigenvalue weighted by molar-refractivity contribution is -0.122. The molecule has 1 aliphatic rings. The summed E-state index contributed by atoms with van der Waals surface area (Å²) in [5.74, 6) is 1.48. The summed E-state index contributed by atoms with van der Waals surface area (Å²) in [6.45, 7) is 4.01. The van der Waals surface area contributed by atoms with Gasteiger partial charge in [0.2, 0.25) is 17.6 Å². The van der Waals surface area contributed by atoms with Gasteiger partial charge in [-0.15, -0.1) is 12.4 Å². The van der Waals surface area contributed by atoms with E-state index in [4.69, 9.17) is 16.1 Å². The Morgan fingerprint density at radius 2 is 2.16 bits per heavy atom. The molecule has 0 radical (unpaired) electrons. The maximum absolute atomic E-state index is 12.1. The van der Waals surface area contributed by atoms with E-state index in [1.54, 1.807) is 12.1 Å². The molecule has 1 amide bonds. The third kappa shape index (κ3) is 5.42. The highest BCUT2D eigenvalue weighted by Gasteiger charge is 2.22. The molecule has 6 nitrogen and oxygen atoms in total. The number of hydrogen-bond acceptors (Lipinski definition) is 5. The molecule has 2 unspecified atom stereocenters. The molecule has 0 bridgehead atoms. The van der Waals surface area contributed by atoms with Crippen LogP contribution in [0.5, 0.6) is 0 Å². The SMILES string of the molecule is CC1CCNCC1NC(=O)CCc1nc(-c2ccc(Cl)cc2)no1.Cl. The second-order valence-electron chi connectivity index (χ2n) is 6.16. The average molecular weight is 385 g/mol. The van der Waals surface area contributed by atoms with Gasteiger partial charge in [0.05, 0.1) is 0 Å². The summed E-state index contributed by atoms with van der Waals surface area (Å²) in [7, 11) is 0. The lowest BCUT2D eigenvalue weighted by Gasteiger charge is -2.30. The van der Waals surface area contributed by atoms with Crippen LogP contribution in [0, 0.1) is 5.92 Å². The Bertz CT molecular complexity index is 690. The van der Waals surface area contributed by atoms with Gasteiger partial charge in [-0.25, -0.2) is 0 Å². The van der Waals surface area contributed by atoms with E-state index in [0.717, 1.165) is 25.1 Å². The maximum Gasteiger partial charge on any atom is 0.227 e. The van der Waals surface area contributed by atoms with Gasteiger partial charge in [-0.3, -0.25) is 4.79 Å². The van der Waals surface area contributed by atoms with Crippen LogP contribution in [0.1, 0.15) is 25.7 Å². The van der Waals surface area contributed by atoms with Crippen LogP contribution in [-0.4, -0.2) is 35.2 Å². The quantitative estimate of drug-likeness (QED) is 0.828. The van der Waals surface area contributed by atoms with Crippen molar-refractivity contribution < 1.29 is 9.32 Å². The zero-order valence-corrected chi connectivity index (χ0v) is 15.6. The molecule has 0 aliphatic carbocycles. The summed E-state index contributed by atoms with van der Waals surface area (Å²) in [5.41, 5.74) is 0.834. The Hall–Kier alpha value is -1.63. The summed E-state index contributed by atoms with van der Waals surface area (Å²) in [5, 5.41) is 11.0. The molecule has 2 heterocycles. The van der Waals surface area contributed by atoms with Crippen LogP contribution in [0.4, 0.5) is 0 Å². The molecule has 3 rings (SSSR count). The fourth-order valence-electron chi connectivity index (χ4n) is 2.75. The molecule has 8 heteroatoms. The third-order valence-corrected chi connectivity index (χ3v) is 4.56. The fraction of sp³-hybridized carbons (Fsp3) is 0.471. The number of aryl methyl sites for hydroxylation is 1. The van der Waals surface area contributed by atoms with Crippen LogP contribution < -0.4 is 10.6 Å². The van der Waals surface area contributed by atoms with Gasteiger partial charge >= 0.3 is 0 Å². The first-order valence-corrected chi connectivity index (χ1v) is 8.58. The molecule has 1 aromatic carbocycles. The van der Waals surface area contributed by atoms with Crippen molar-refractivity contribution in [2.45, 2.75) is 32.2 Å². The number of carbonyl (C=O) groups is 1. The van der Waals surface area contributed by atoms with Crippen LogP contribution in [-0.2, 0) is 11.2 Å². The normalized spacial score (nSPS) is 19.9. The molecule has 1 aliphatic heterocycles. The Morgan fingerprint density at radius 1 is 1.40 bits per heavy atom. The van der Waals surface area contributed by atoms with E-state index in [1.807, 2.05) is 12.1 Å². The van der Waals surface area contributed by atoms with Gasteiger partial charge in [0.25, 0.3) is 0 Å². The van der Waals surface area contributed by atoms with Crippen LogP contribution in [0.2, 0.25) is 5.02 Å². The van der Waals surface area contributed by atoms with Crippen molar-refractivity contribution in [1.82, 2.24) is 20.8 Å². The zero-order chi connectivity index (χ0) is 16.9. The smallest absolute Gasteiger partial charge is 0.227 e. The molecule has 2 atom stereocenters. The molecule has 2 aromatic rings. The predicted molar refractivity (Wildman–Crippen MR) is 98.9 cm³/mol. The van der Waals surface area contributed by atoms with Crippen LogP contribution in [0.15, 0.2) is 28.8 Å². The lowest BCUT2D eigenvalue weighted by atomic mass is 9.95. The van der Waals surface area contributed by atoms with E-state index in [-0.39, 0.29) is 24.4 Å². The van der Waals surface area contributed by atoms with Gasteiger partial charge in [-0.05, 0) is 43.1 Å². The summed E-state index contributed by atoms with van der Waals surface area (Å²) >= 11 is 5.87. The minimum Gasteiger partial charge on any atom is -0.352 e. The highest BCUT2D eigenvalue weighted by Crippen LogP contribution is 2.19. The average Bonchev–Trinajstić information content (AvgIpc) is 3.05. The van der Waals surface area contributed by atoms with E-state index in [2.05, 4.69) is 27.7 Å². The Morgan fingerprint density at radius 3 is 2.88 bits per heavy atom. The number of rotatable bonds is 5. The van der Waals surface area contributed by atoms with Gasteiger partial charge in [0.1, 0.15) is 0 Å². The van der Waals surface area contributed by atoms with Gasteiger partial charge < -0.3 is 15.2 Å². The van der Waals surface area contributed by atoms with Crippen molar-refractivity contribution in [2.75, 3.05) is 13.1 Å². The summed E-state index contributed by atoms with van der Waals surface area (Å²) in [4.78, 5) is 16.4.